The van der Waals surface area contributed by atoms with Gasteiger partial charge in [0.25, 0.3) is 15.7 Å². The predicted octanol–water partition coefficient (Wildman–Crippen LogP) is 2.83. The lowest BCUT2D eigenvalue weighted by molar-refractivity contribution is -0.384. The second-order valence-corrected chi connectivity index (χ2v) is 7.69. The second-order valence-electron chi connectivity index (χ2n) is 6.01. The van der Waals surface area contributed by atoms with E-state index >= 15 is 0 Å². The quantitative estimate of drug-likeness (QED) is 0.638. The van der Waals surface area contributed by atoms with Crippen LogP contribution in [0.1, 0.15) is 18.4 Å². The number of nitro groups is 1. The first-order chi connectivity index (χ1) is 12.3. The van der Waals surface area contributed by atoms with E-state index in [1.165, 1.54) is 12.1 Å². The van der Waals surface area contributed by atoms with Gasteiger partial charge in [-0.05, 0) is 43.2 Å². The van der Waals surface area contributed by atoms with E-state index in [4.69, 9.17) is 0 Å². The smallest absolute Gasteiger partial charge is 0.269 e. The lowest BCUT2D eigenvalue weighted by Crippen LogP contribution is -2.24. The van der Waals surface area contributed by atoms with Crippen LogP contribution in [0.4, 0.5) is 17.1 Å². The van der Waals surface area contributed by atoms with E-state index in [1.54, 1.807) is 23.1 Å². The lowest BCUT2D eigenvalue weighted by atomic mass is 10.1. The molecule has 1 amide bonds. The number of amides is 1. The third-order valence-corrected chi connectivity index (χ3v) is 5.58. The molecule has 2 aromatic carbocycles. The van der Waals surface area contributed by atoms with Gasteiger partial charge in [-0.2, -0.15) is 0 Å². The summed E-state index contributed by atoms with van der Waals surface area (Å²) >= 11 is 0. The fourth-order valence-electron chi connectivity index (χ4n) is 2.83. The number of benzene rings is 2. The van der Waals surface area contributed by atoms with Gasteiger partial charge in [0.05, 0.1) is 15.5 Å². The molecule has 2 aromatic rings. The van der Waals surface area contributed by atoms with Gasteiger partial charge in [0.15, 0.2) is 0 Å². The third-order valence-electron chi connectivity index (χ3n) is 4.18. The molecular formula is C17H17N3O5S. The number of nitrogens with zero attached hydrogens (tertiary/aromatic N) is 2. The van der Waals surface area contributed by atoms with Gasteiger partial charge in [-0.15, -0.1) is 0 Å². The second kappa shape index (κ2) is 6.75. The highest BCUT2D eigenvalue weighted by Crippen LogP contribution is 2.29. The highest BCUT2D eigenvalue weighted by Gasteiger charge is 2.24. The highest BCUT2D eigenvalue weighted by atomic mass is 32.2. The van der Waals surface area contributed by atoms with E-state index in [9.17, 15) is 23.3 Å². The first-order valence-electron chi connectivity index (χ1n) is 7.96. The molecule has 1 aliphatic rings. The Morgan fingerprint density at radius 2 is 1.85 bits per heavy atom. The van der Waals surface area contributed by atoms with Crippen molar-refractivity contribution in [2.75, 3.05) is 16.2 Å². The zero-order chi connectivity index (χ0) is 18.9. The van der Waals surface area contributed by atoms with Crippen LogP contribution in [0.25, 0.3) is 0 Å². The summed E-state index contributed by atoms with van der Waals surface area (Å²) in [4.78, 5) is 23.6. The summed E-state index contributed by atoms with van der Waals surface area (Å²) in [7, 11) is -3.90. The SMILES string of the molecule is Cc1ccc(NS(=O)(=O)c2ccc([N+](=O)[O-])cc2)cc1N1CCCC1=O. The standard InChI is InChI=1S/C17H17N3O5S/c1-12-4-5-13(11-16(12)19-10-2-3-17(19)21)18-26(24,25)15-8-6-14(7-9-15)20(22)23/h4-9,11,18H,2-3,10H2,1H3. The predicted molar refractivity (Wildman–Crippen MR) is 96.7 cm³/mol. The van der Waals surface area contributed by atoms with Gasteiger partial charge in [-0.25, -0.2) is 8.42 Å². The number of hydrogen-bond donors (Lipinski definition) is 1. The Balaban J connectivity index is 1.88. The van der Waals surface area contributed by atoms with Crippen LogP contribution in [0, 0.1) is 17.0 Å². The number of carbonyl (C=O) groups excluding carboxylic acids is 1. The minimum Gasteiger partial charge on any atom is -0.312 e. The summed E-state index contributed by atoms with van der Waals surface area (Å²) in [6.45, 7) is 2.47. The van der Waals surface area contributed by atoms with Crippen molar-refractivity contribution in [3.05, 3.63) is 58.1 Å². The van der Waals surface area contributed by atoms with Gasteiger partial charge in [-0.3, -0.25) is 19.6 Å². The molecule has 1 saturated heterocycles. The molecule has 0 unspecified atom stereocenters. The lowest BCUT2D eigenvalue weighted by Gasteiger charge is -2.19. The van der Waals surface area contributed by atoms with Crippen molar-refractivity contribution in [1.29, 1.82) is 0 Å². The third kappa shape index (κ3) is 3.52. The van der Waals surface area contributed by atoms with Crippen LogP contribution in [0.3, 0.4) is 0 Å². The number of rotatable bonds is 5. The van der Waals surface area contributed by atoms with Gasteiger partial charge < -0.3 is 4.90 Å². The van der Waals surface area contributed by atoms with Crippen LogP contribution >= 0.6 is 0 Å². The first-order valence-corrected chi connectivity index (χ1v) is 9.44. The van der Waals surface area contributed by atoms with Gasteiger partial charge >= 0.3 is 0 Å². The zero-order valence-corrected chi connectivity index (χ0v) is 14.8. The Bertz CT molecular complexity index is 970. The maximum atomic E-state index is 12.5. The van der Waals surface area contributed by atoms with E-state index in [0.29, 0.717) is 24.3 Å². The van der Waals surface area contributed by atoms with Crippen molar-refractivity contribution < 1.29 is 18.1 Å². The highest BCUT2D eigenvalue weighted by molar-refractivity contribution is 7.92. The summed E-state index contributed by atoms with van der Waals surface area (Å²) in [5.41, 5.74) is 1.69. The number of sulfonamides is 1. The average molecular weight is 375 g/mol. The number of nitro benzene ring substituents is 1. The number of nitrogens with one attached hydrogen (secondary N) is 1. The molecule has 136 valence electrons. The molecule has 0 spiro atoms. The van der Waals surface area contributed by atoms with E-state index in [2.05, 4.69) is 4.72 Å². The molecule has 8 nitrogen and oxygen atoms in total. The maximum Gasteiger partial charge on any atom is 0.269 e. The van der Waals surface area contributed by atoms with Crippen LogP contribution in [0.2, 0.25) is 0 Å². The largest absolute Gasteiger partial charge is 0.312 e. The summed E-state index contributed by atoms with van der Waals surface area (Å²) in [5, 5.41) is 10.7. The maximum absolute atomic E-state index is 12.5. The fourth-order valence-corrected chi connectivity index (χ4v) is 3.88. The average Bonchev–Trinajstić information content (AvgIpc) is 3.02. The molecule has 9 heteroatoms. The van der Waals surface area contributed by atoms with E-state index in [0.717, 1.165) is 24.1 Å². The Hall–Kier alpha value is -2.94. The number of anilines is 2. The van der Waals surface area contributed by atoms with Gasteiger partial charge in [0.2, 0.25) is 5.91 Å². The number of hydrogen-bond acceptors (Lipinski definition) is 5. The molecule has 1 N–H and O–H groups in total. The van der Waals surface area contributed by atoms with Crippen LogP contribution in [-0.4, -0.2) is 25.8 Å². The van der Waals surface area contributed by atoms with Gasteiger partial charge in [0, 0.05) is 30.8 Å². The molecular weight excluding hydrogens is 358 g/mol. The zero-order valence-electron chi connectivity index (χ0n) is 14.0. The van der Waals surface area contributed by atoms with Crippen LogP contribution in [-0.2, 0) is 14.8 Å². The molecule has 1 fully saturated rings. The molecule has 0 radical (unpaired) electrons. The van der Waals surface area contributed by atoms with E-state index in [1.807, 2.05) is 6.92 Å². The van der Waals surface area contributed by atoms with Crippen molar-refractivity contribution in [2.24, 2.45) is 0 Å². The fraction of sp³-hybridized carbons (Fsp3) is 0.235. The molecule has 0 aliphatic carbocycles. The van der Waals surface area contributed by atoms with Crippen LogP contribution in [0.15, 0.2) is 47.4 Å². The minimum atomic E-state index is -3.90. The van der Waals surface area contributed by atoms with Crippen molar-refractivity contribution in [1.82, 2.24) is 0 Å². The molecule has 0 aromatic heterocycles. The molecule has 1 aliphatic heterocycles. The van der Waals surface area contributed by atoms with E-state index in [-0.39, 0.29) is 16.5 Å². The monoisotopic (exact) mass is 375 g/mol. The van der Waals surface area contributed by atoms with E-state index < -0.39 is 14.9 Å². The molecule has 26 heavy (non-hydrogen) atoms. The molecule has 0 atom stereocenters. The Morgan fingerprint density at radius 1 is 1.15 bits per heavy atom. The van der Waals surface area contributed by atoms with Gasteiger partial charge in [0.1, 0.15) is 0 Å². The van der Waals surface area contributed by atoms with Gasteiger partial charge in [-0.1, -0.05) is 6.07 Å². The van der Waals surface area contributed by atoms with Crippen molar-refractivity contribution >= 4 is 33.0 Å². The topological polar surface area (TPSA) is 110 Å². The molecule has 1 heterocycles. The summed E-state index contributed by atoms with van der Waals surface area (Å²) in [6, 6.07) is 9.62. The summed E-state index contributed by atoms with van der Waals surface area (Å²) in [6.07, 6.45) is 1.26. The molecule has 3 rings (SSSR count). The van der Waals surface area contributed by atoms with Crippen molar-refractivity contribution in [3.8, 4) is 0 Å². The molecule has 0 bridgehead atoms. The molecule has 0 saturated carbocycles. The van der Waals surface area contributed by atoms with Crippen molar-refractivity contribution in [3.63, 3.8) is 0 Å². The minimum absolute atomic E-state index is 0.0171. The Morgan fingerprint density at radius 3 is 2.42 bits per heavy atom. The Kier molecular flexibility index (Phi) is 4.64. The normalized spacial score (nSPS) is 14.5. The van der Waals surface area contributed by atoms with Crippen LogP contribution in [0.5, 0.6) is 0 Å². The van der Waals surface area contributed by atoms with Crippen molar-refractivity contribution in [2.45, 2.75) is 24.7 Å². The number of carbonyl (C=O) groups is 1. The Labute approximate surface area is 150 Å². The number of non-ortho nitro benzene ring substituents is 1. The summed E-state index contributed by atoms with van der Waals surface area (Å²) in [5.74, 6) is 0.0171. The van der Waals surface area contributed by atoms with Crippen LogP contribution < -0.4 is 9.62 Å². The summed E-state index contributed by atoms with van der Waals surface area (Å²) < 4.78 is 27.5. The number of aryl methyl sites for hydroxylation is 1. The first kappa shape index (κ1) is 17.9.